The molecule has 4 N–H and O–H groups in total. The maximum absolute atomic E-state index is 12.1. The fourth-order valence-electron chi connectivity index (χ4n) is 3.16. The van der Waals surface area contributed by atoms with E-state index in [0.717, 1.165) is 11.3 Å². The summed E-state index contributed by atoms with van der Waals surface area (Å²) in [6.07, 6.45) is 1.37. The molecule has 152 valence electrons. The van der Waals surface area contributed by atoms with Crippen LogP contribution in [0.1, 0.15) is 38.7 Å². The van der Waals surface area contributed by atoms with Gasteiger partial charge in [-0.15, -0.1) is 0 Å². The standard InChI is InChI=1S/C20H27N3O5/c1-12(2)9-16(20(27)28)22-18(25)11-21-17(24)8-7-14-10-13-5-3-4-6-15(13)23-19(14)26/h3-6,12,14,16H,7-11H2,1-2H3,(H,21,24)(H,22,25)(H,23,26)(H,27,28)/t14?,16-/m0/s1. The molecule has 0 saturated carbocycles. The summed E-state index contributed by atoms with van der Waals surface area (Å²) in [5, 5.41) is 16.9. The fraction of sp³-hybridized carbons (Fsp3) is 0.500. The lowest BCUT2D eigenvalue weighted by atomic mass is 9.89. The highest BCUT2D eigenvalue weighted by Gasteiger charge is 2.26. The van der Waals surface area contributed by atoms with E-state index >= 15 is 0 Å². The molecule has 0 aliphatic carbocycles. The van der Waals surface area contributed by atoms with Crippen LogP contribution in [0, 0.1) is 11.8 Å². The summed E-state index contributed by atoms with van der Waals surface area (Å²) in [6.45, 7) is 3.44. The number of fused-ring (bicyclic) bond motifs is 1. The summed E-state index contributed by atoms with van der Waals surface area (Å²) >= 11 is 0. The summed E-state index contributed by atoms with van der Waals surface area (Å²) in [4.78, 5) is 47.2. The number of rotatable bonds is 9. The molecule has 0 bridgehead atoms. The van der Waals surface area contributed by atoms with Crippen LogP contribution in [-0.2, 0) is 25.6 Å². The van der Waals surface area contributed by atoms with Gasteiger partial charge in [-0.25, -0.2) is 4.79 Å². The summed E-state index contributed by atoms with van der Waals surface area (Å²) in [6, 6.07) is 6.58. The Hall–Kier alpha value is -2.90. The molecule has 1 aliphatic heterocycles. The van der Waals surface area contributed by atoms with Gasteiger partial charge in [0.2, 0.25) is 17.7 Å². The fourth-order valence-corrected chi connectivity index (χ4v) is 3.16. The van der Waals surface area contributed by atoms with Gasteiger partial charge in [0, 0.05) is 18.0 Å². The molecule has 28 heavy (non-hydrogen) atoms. The maximum Gasteiger partial charge on any atom is 0.326 e. The van der Waals surface area contributed by atoms with Crippen LogP contribution in [0.3, 0.4) is 0 Å². The molecule has 8 heteroatoms. The van der Waals surface area contributed by atoms with Crippen LogP contribution in [0.25, 0.3) is 0 Å². The number of carboxylic acids is 1. The van der Waals surface area contributed by atoms with Crippen LogP contribution in [0.5, 0.6) is 0 Å². The Balaban J connectivity index is 1.74. The van der Waals surface area contributed by atoms with Gasteiger partial charge in [-0.1, -0.05) is 32.0 Å². The molecule has 1 aliphatic rings. The van der Waals surface area contributed by atoms with E-state index in [1.165, 1.54) is 0 Å². The van der Waals surface area contributed by atoms with Crippen LogP contribution in [-0.4, -0.2) is 41.4 Å². The van der Waals surface area contributed by atoms with Crippen molar-refractivity contribution in [2.75, 3.05) is 11.9 Å². The van der Waals surface area contributed by atoms with Crippen molar-refractivity contribution in [2.24, 2.45) is 11.8 Å². The molecule has 1 heterocycles. The average molecular weight is 389 g/mol. The zero-order chi connectivity index (χ0) is 20.7. The lowest BCUT2D eigenvalue weighted by molar-refractivity contribution is -0.142. The monoisotopic (exact) mass is 389 g/mol. The summed E-state index contributed by atoms with van der Waals surface area (Å²) in [5.41, 5.74) is 1.84. The number of nitrogens with one attached hydrogen (secondary N) is 3. The number of aliphatic carboxylic acids is 1. The molecule has 0 aromatic heterocycles. The van der Waals surface area contributed by atoms with E-state index in [9.17, 15) is 19.2 Å². The molecule has 0 radical (unpaired) electrons. The molecule has 2 atom stereocenters. The molecule has 2 rings (SSSR count). The SMILES string of the molecule is CC(C)C[C@H](NC(=O)CNC(=O)CCC1Cc2ccccc2NC1=O)C(=O)O. The third-order valence-electron chi connectivity index (χ3n) is 4.62. The second kappa shape index (κ2) is 9.87. The molecule has 0 fully saturated rings. The van der Waals surface area contributed by atoms with Crippen LogP contribution < -0.4 is 16.0 Å². The van der Waals surface area contributed by atoms with E-state index in [-0.39, 0.29) is 36.6 Å². The predicted molar refractivity (Wildman–Crippen MR) is 104 cm³/mol. The minimum absolute atomic E-state index is 0.109. The van der Waals surface area contributed by atoms with Gasteiger partial charge in [0.05, 0.1) is 6.54 Å². The maximum atomic E-state index is 12.1. The average Bonchev–Trinajstić information content (AvgIpc) is 2.63. The van der Waals surface area contributed by atoms with Gasteiger partial charge in [0.25, 0.3) is 0 Å². The second-order valence-corrected chi connectivity index (χ2v) is 7.45. The number of benzene rings is 1. The Kier molecular flexibility index (Phi) is 7.54. The molecule has 1 aromatic carbocycles. The van der Waals surface area contributed by atoms with E-state index in [0.29, 0.717) is 19.3 Å². The van der Waals surface area contributed by atoms with Crippen molar-refractivity contribution >= 4 is 29.4 Å². The third-order valence-corrected chi connectivity index (χ3v) is 4.62. The van der Waals surface area contributed by atoms with Crippen molar-refractivity contribution in [1.82, 2.24) is 10.6 Å². The number of amides is 3. The van der Waals surface area contributed by atoms with Crippen molar-refractivity contribution in [3.8, 4) is 0 Å². The molecule has 1 aromatic rings. The van der Waals surface area contributed by atoms with Crippen molar-refractivity contribution in [1.29, 1.82) is 0 Å². The van der Waals surface area contributed by atoms with E-state index in [1.54, 1.807) is 0 Å². The predicted octanol–water partition coefficient (Wildman–Crippen LogP) is 1.31. The zero-order valence-electron chi connectivity index (χ0n) is 16.2. The summed E-state index contributed by atoms with van der Waals surface area (Å²) in [5.74, 6) is -2.29. The summed E-state index contributed by atoms with van der Waals surface area (Å²) in [7, 11) is 0. The largest absolute Gasteiger partial charge is 0.480 e. The minimum atomic E-state index is -1.10. The van der Waals surface area contributed by atoms with Gasteiger partial charge in [0.1, 0.15) is 6.04 Å². The van der Waals surface area contributed by atoms with E-state index in [1.807, 2.05) is 38.1 Å². The Bertz CT molecular complexity index is 747. The topological polar surface area (TPSA) is 125 Å². The Morgan fingerprint density at radius 2 is 1.93 bits per heavy atom. The smallest absolute Gasteiger partial charge is 0.326 e. The number of hydrogen-bond acceptors (Lipinski definition) is 4. The molecule has 1 unspecified atom stereocenters. The lowest BCUT2D eigenvalue weighted by Gasteiger charge is -2.24. The normalized spacial score (nSPS) is 16.7. The van der Waals surface area contributed by atoms with E-state index in [2.05, 4.69) is 16.0 Å². The van der Waals surface area contributed by atoms with E-state index in [4.69, 9.17) is 5.11 Å². The van der Waals surface area contributed by atoms with Crippen molar-refractivity contribution in [2.45, 2.75) is 45.6 Å². The molecule has 8 nitrogen and oxygen atoms in total. The quantitative estimate of drug-likeness (QED) is 0.507. The molecular weight excluding hydrogens is 362 g/mol. The van der Waals surface area contributed by atoms with Crippen LogP contribution >= 0.6 is 0 Å². The van der Waals surface area contributed by atoms with Gasteiger partial charge < -0.3 is 21.1 Å². The van der Waals surface area contributed by atoms with Crippen molar-refractivity contribution < 1.29 is 24.3 Å². The first kappa shape index (κ1) is 21.4. The molecule has 3 amide bonds. The van der Waals surface area contributed by atoms with Crippen LogP contribution in [0.15, 0.2) is 24.3 Å². The number of carboxylic acid groups (broad SMARTS) is 1. The van der Waals surface area contributed by atoms with Gasteiger partial charge in [-0.3, -0.25) is 14.4 Å². The second-order valence-electron chi connectivity index (χ2n) is 7.45. The third kappa shape index (κ3) is 6.37. The van der Waals surface area contributed by atoms with Crippen LogP contribution in [0.2, 0.25) is 0 Å². The molecule has 0 spiro atoms. The zero-order valence-corrected chi connectivity index (χ0v) is 16.2. The molecular formula is C20H27N3O5. The first-order chi connectivity index (χ1) is 13.3. The highest BCUT2D eigenvalue weighted by Crippen LogP contribution is 2.27. The number of carbonyl (C=O) groups excluding carboxylic acids is 3. The summed E-state index contributed by atoms with van der Waals surface area (Å²) < 4.78 is 0. The Morgan fingerprint density at radius 3 is 2.61 bits per heavy atom. The van der Waals surface area contributed by atoms with Gasteiger partial charge in [-0.05, 0) is 36.8 Å². The number of anilines is 1. The van der Waals surface area contributed by atoms with Gasteiger partial charge in [0.15, 0.2) is 0 Å². The number of hydrogen-bond donors (Lipinski definition) is 4. The minimum Gasteiger partial charge on any atom is -0.480 e. The van der Waals surface area contributed by atoms with Crippen molar-refractivity contribution in [3.05, 3.63) is 29.8 Å². The number of para-hydroxylation sites is 1. The lowest BCUT2D eigenvalue weighted by Crippen LogP contribution is -2.46. The number of carbonyl (C=O) groups is 4. The van der Waals surface area contributed by atoms with Gasteiger partial charge in [-0.2, -0.15) is 0 Å². The first-order valence-corrected chi connectivity index (χ1v) is 9.44. The van der Waals surface area contributed by atoms with Gasteiger partial charge >= 0.3 is 5.97 Å². The van der Waals surface area contributed by atoms with Crippen LogP contribution in [0.4, 0.5) is 5.69 Å². The Morgan fingerprint density at radius 1 is 1.21 bits per heavy atom. The Labute approximate surface area is 164 Å². The van der Waals surface area contributed by atoms with Crippen molar-refractivity contribution in [3.63, 3.8) is 0 Å². The first-order valence-electron chi connectivity index (χ1n) is 9.44. The molecule has 0 saturated heterocycles. The highest BCUT2D eigenvalue weighted by molar-refractivity contribution is 5.96. The van der Waals surface area contributed by atoms with E-state index < -0.39 is 17.9 Å². The highest BCUT2D eigenvalue weighted by atomic mass is 16.4.